The molecule has 0 unspecified atom stereocenters. The van der Waals surface area contributed by atoms with Crippen LogP contribution in [0.5, 0.6) is 11.5 Å². The number of rotatable bonds is 4. The van der Waals surface area contributed by atoms with Crippen molar-refractivity contribution in [2.75, 3.05) is 20.0 Å². The van der Waals surface area contributed by atoms with Gasteiger partial charge in [-0.15, -0.1) is 11.3 Å². The Hall–Kier alpha value is -3.13. The molecule has 0 spiro atoms. The minimum atomic E-state index is -0.451. The second kappa shape index (κ2) is 6.30. The van der Waals surface area contributed by atoms with Crippen LogP contribution in [0.15, 0.2) is 36.4 Å². The molecule has 132 valence electrons. The van der Waals surface area contributed by atoms with Crippen molar-refractivity contribution in [3.63, 3.8) is 0 Å². The van der Waals surface area contributed by atoms with Gasteiger partial charge in [-0.2, -0.15) is 5.10 Å². The van der Waals surface area contributed by atoms with Crippen LogP contribution < -0.4 is 15.2 Å². The van der Waals surface area contributed by atoms with Gasteiger partial charge in [0.25, 0.3) is 0 Å². The van der Waals surface area contributed by atoms with Gasteiger partial charge in [0, 0.05) is 17.7 Å². The van der Waals surface area contributed by atoms with Crippen LogP contribution in [0.2, 0.25) is 0 Å². The fourth-order valence-electron chi connectivity index (χ4n) is 2.73. The van der Waals surface area contributed by atoms with Crippen LogP contribution >= 0.6 is 11.3 Å². The summed E-state index contributed by atoms with van der Waals surface area (Å²) in [7, 11) is 3.05. The van der Waals surface area contributed by atoms with E-state index in [9.17, 15) is 4.39 Å². The van der Waals surface area contributed by atoms with Crippen molar-refractivity contribution in [2.45, 2.75) is 0 Å². The summed E-state index contributed by atoms with van der Waals surface area (Å²) < 4.78 is 25.0. The number of benzene rings is 2. The molecule has 4 rings (SSSR count). The SMILES string of the molecule is COc1ccc(-c2[nH]nc(N)c2-c2nc3cc(F)c(OC)cc3s2)cc1. The van der Waals surface area contributed by atoms with E-state index in [0.717, 1.165) is 21.7 Å². The predicted octanol–water partition coefficient (Wildman–Crippen LogP) is 4.09. The Morgan fingerprint density at radius 2 is 1.88 bits per heavy atom. The Kier molecular flexibility index (Phi) is 3.96. The molecular formula is C18H15FN4O2S. The normalized spacial score (nSPS) is 11.0. The largest absolute Gasteiger partial charge is 0.497 e. The number of nitrogens with zero attached hydrogens (tertiary/aromatic N) is 2. The summed E-state index contributed by atoms with van der Waals surface area (Å²) in [5.41, 5.74) is 8.96. The van der Waals surface area contributed by atoms with Crippen LogP contribution in [0.25, 0.3) is 32.0 Å². The molecule has 0 aliphatic rings. The second-order valence-electron chi connectivity index (χ2n) is 5.56. The number of aromatic nitrogens is 3. The number of nitrogen functional groups attached to an aromatic ring is 1. The van der Waals surface area contributed by atoms with Gasteiger partial charge in [-0.3, -0.25) is 5.10 Å². The number of ether oxygens (including phenoxy) is 2. The van der Waals surface area contributed by atoms with Gasteiger partial charge in [-0.05, 0) is 24.3 Å². The molecule has 0 fully saturated rings. The van der Waals surface area contributed by atoms with Gasteiger partial charge in [-0.1, -0.05) is 0 Å². The molecule has 0 saturated carbocycles. The first kappa shape index (κ1) is 16.3. The van der Waals surface area contributed by atoms with Gasteiger partial charge in [0.05, 0.1) is 35.7 Å². The molecule has 0 atom stereocenters. The van der Waals surface area contributed by atoms with Crippen molar-refractivity contribution < 1.29 is 13.9 Å². The molecule has 26 heavy (non-hydrogen) atoms. The van der Waals surface area contributed by atoms with E-state index in [1.807, 2.05) is 24.3 Å². The molecule has 6 nitrogen and oxygen atoms in total. The summed E-state index contributed by atoms with van der Waals surface area (Å²) in [6, 6.07) is 10.5. The molecule has 0 amide bonds. The van der Waals surface area contributed by atoms with Crippen molar-refractivity contribution in [1.29, 1.82) is 0 Å². The first-order chi connectivity index (χ1) is 12.6. The van der Waals surface area contributed by atoms with Gasteiger partial charge in [0.1, 0.15) is 10.8 Å². The number of methoxy groups -OCH3 is 2. The number of fused-ring (bicyclic) bond motifs is 1. The highest BCUT2D eigenvalue weighted by atomic mass is 32.1. The maximum absolute atomic E-state index is 14.0. The smallest absolute Gasteiger partial charge is 0.167 e. The second-order valence-corrected chi connectivity index (χ2v) is 6.59. The van der Waals surface area contributed by atoms with Gasteiger partial charge >= 0.3 is 0 Å². The zero-order valence-electron chi connectivity index (χ0n) is 14.0. The van der Waals surface area contributed by atoms with Crippen molar-refractivity contribution in [1.82, 2.24) is 15.2 Å². The van der Waals surface area contributed by atoms with E-state index < -0.39 is 5.82 Å². The van der Waals surface area contributed by atoms with Gasteiger partial charge in [-0.25, -0.2) is 9.37 Å². The maximum Gasteiger partial charge on any atom is 0.167 e. The minimum Gasteiger partial charge on any atom is -0.497 e. The standard InChI is InChI=1S/C18H15FN4O2S/c1-24-10-5-3-9(4-6-10)16-15(17(20)23-22-16)18-21-12-7-11(19)13(25-2)8-14(12)26-18/h3-8H,1-2H3,(H3,20,22,23). The number of H-pyrrole nitrogens is 1. The Morgan fingerprint density at radius 1 is 1.12 bits per heavy atom. The topological polar surface area (TPSA) is 86.0 Å². The van der Waals surface area contributed by atoms with E-state index >= 15 is 0 Å². The lowest BCUT2D eigenvalue weighted by molar-refractivity contribution is 0.387. The number of nitrogens with two attached hydrogens (primary N) is 1. The molecular weight excluding hydrogens is 355 g/mol. The molecule has 0 bridgehead atoms. The number of nitrogens with one attached hydrogen (secondary N) is 1. The van der Waals surface area contributed by atoms with Crippen LogP contribution in [-0.2, 0) is 0 Å². The van der Waals surface area contributed by atoms with Crippen LogP contribution in [0.4, 0.5) is 10.2 Å². The molecule has 2 heterocycles. The number of anilines is 1. The van der Waals surface area contributed by atoms with Crippen LogP contribution in [0, 0.1) is 5.82 Å². The van der Waals surface area contributed by atoms with Gasteiger partial charge < -0.3 is 15.2 Å². The maximum atomic E-state index is 14.0. The Morgan fingerprint density at radius 3 is 2.58 bits per heavy atom. The van der Waals surface area contributed by atoms with Crippen molar-refractivity contribution in [3.8, 4) is 33.3 Å². The summed E-state index contributed by atoms with van der Waals surface area (Å²) in [5, 5.41) is 7.74. The molecule has 0 aliphatic carbocycles. The quantitative estimate of drug-likeness (QED) is 0.565. The average Bonchev–Trinajstić information content (AvgIpc) is 3.23. The van der Waals surface area contributed by atoms with E-state index in [1.54, 1.807) is 13.2 Å². The molecule has 2 aromatic heterocycles. The first-order valence-electron chi connectivity index (χ1n) is 7.73. The number of hydrogen-bond acceptors (Lipinski definition) is 6. The summed E-state index contributed by atoms with van der Waals surface area (Å²) in [6.45, 7) is 0. The Labute approximate surface area is 152 Å². The third kappa shape index (κ3) is 2.64. The lowest BCUT2D eigenvalue weighted by Gasteiger charge is -2.03. The minimum absolute atomic E-state index is 0.184. The van der Waals surface area contributed by atoms with Crippen LogP contribution in [0.1, 0.15) is 0 Å². The molecule has 4 aromatic rings. The van der Waals surface area contributed by atoms with Crippen molar-refractivity contribution in [3.05, 3.63) is 42.2 Å². The molecule has 0 aliphatic heterocycles. The first-order valence-corrected chi connectivity index (χ1v) is 8.55. The van der Waals surface area contributed by atoms with Gasteiger partial charge in [0.2, 0.25) is 0 Å². The molecule has 3 N–H and O–H groups in total. The Balaban J connectivity index is 1.85. The highest BCUT2D eigenvalue weighted by Gasteiger charge is 2.19. The summed E-state index contributed by atoms with van der Waals surface area (Å²) in [6.07, 6.45) is 0. The molecule has 0 radical (unpaired) electrons. The molecule has 2 aromatic carbocycles. The number of hydrogen-bond donors (Lipinski definition) is 2. The fraction of sp³-hybridized carbons (Fsp3) is 0.111. The van der Waals surface area contributed by atoms with E-state index in [-0.39, 0.29) is 5.75 Å². The number of aromatic amines is 1. The summed E-state index contributed by atoms with van der Waals surface area (Å²) in [4.78, 5) is 4.53. The fourth-order valence-corrected chi connectivity index (χ4v) is 3.77. The van der Waals surface area contributed by atoms with Crippen LogP contribution in [0.3, 0.4) is 0 Å². The van der Waals surface area contributed by atoms with E-state index in [2.05, 4.69) is 15.2 Å². The number of halogens is 1. The lowest BCUT2D eigenvalue weighted by Crippen LogP contribution is -1.89. The van der Waals surface area contributed by atoms with E-state index in [1.165, 1.54) is 24.5 Å². The molecule has 0 saturated heterocycles. The summed E-state index contributed by atoms with van der Waals surface area (Å²) >= 11 is 1.40. The van der Waals surface area contributed by atoms with E-state index in [4.69, 9.17) is 15.2 Å². The zero-order valence-corrected chi connectivity index (χ0v) is 14.9. The highest BCUT2D eigenvalue weighted by Crippen LogP contribution is 2.40. The number of thiazole rings is 1. The molecule has 8 heteroatoms. The Bertz CT molecular complexity index is 1090. The predicted molar refractivity (Wildman–Crippen MR) is 100 cm³/mol. The van der Waals surface area contributed by atoms with Crippen molar-refractivity contribution in [2.24, 2.45) is 0 Å². The third-order valence-corrected chi connectivity index (χ3v) is 5.08. The monoisotopic (exact) mass is 370 g/mol. The van der Waals surface area contributed by atoms with Gasteiger partial charge in [0.15, 0.2) is 17.4 Å². The van der Waals surface area contributed by atoms with Crippen molar-refractivity contribution >= 4 is 27.4 Å². The van der Waals surface area contributed by atoms with Crippen LogP contribution in [-0.4, -0.2) is 29.4 Å². The zero-order chi connectivity index (χ0) is 18.3. The third-order valence-electron chi connectivity index (χ3n) is 4.05. The lowest BCUT2D eigenvalue weighted by atomic mass is 10.1. The van der Waals surface area contributed by atoms with E-state index in [0.29, 0.717) is 21.9 Å². The highest BCUT2D eigenvalue weighted by molar-refractivity contribution is 7.21. The average molecular weight is 370 g/mol. The summed E-state index contributed by atoms with van der Waals surface area (Å²) in [5.74, 6) is 0.822.